The zero-order valence-electron chi connectivity index (χ0n) is 15.1. The first-order valence-electron chi connectivity index (χ1n) is 8.87. The van der Waals surface area contributed by atoms with E-state index in [0.717, 1.165) is 23.4 Å². The molecule has 0 saturated heterocycles. The number of amides is 1. The van der Waals surface area contributed by atoms with Crippen LogP contribution in [0.1, 0.15) is 22.4 Å². The van der Waals surface area contributed by atoms with Crippen LogP contribution in [0, 0.1) is 6.92 Å². The summed E-state index contributed by atoms with van der Waals surface area (Å²) < 4.78 is 1.69. The molecule has 1 aliphatic heterocycles. The zero-order chi connectivity index (χ0) is 18.8. The van der Waals surface area contributed by atoms with Crippen molar-refractivity contribution >= 4 is 17.7 Å². The van der Waals surface area contributed by atoms with E-state index in [0.29, 0.717) is 13.1 Å². The van der Waals surface area contributed by atoms with Crippen molar-refractivity contribution in [3.8, 4) is 5.69 Å². The van der Waals surface area contributed by atoms with Crippen LogP contribution in [0.2, 0.25) is 0 Å². The van der Waals surface area contributed by atoms with Crippen molar-refractivity contribution in [3.05, 3.63) is 71.0 Å². The molecule has 138 valence electrons. The van der Waals surface area contributed by atoms with Crippen LogP contribution in [0.15, 0.2) is 53.6 Å². The second kappa shape index (κ2) is 7.54. The number of fused-ring (bicyclic) bond motifs is 1. The summed E-state index contributed by atoms with van der Waals surface area (Å²) in [5, 5.41) is 11.1. The van der Waals surface area contributed by atoms with Gasteiger partial charge in [0.05, 0.1) is 22.8 Å². The summed E-state index contributed by atoms with van der Waals surface area (Å²) >= 11 is 1.65. The van der Waals surface area contributed by atoms with Crippen molar-refractivity contribution in [3.63, 3.8) is 0 Å². The first kappa shape index (κ1) is 17.8. The van der Waals surface area contributed by atoms with Gasteiger partial charge in [0.25, 0.3) is 0 Å². The lowest BCUT2D eigenvalue weighted by atomic mass is 10.1. The fourth-order valence-electron chi connectivity index (χ4n) is 3.11. The smallest absolute Gasteiger partial charge is 0.234 e. The highest BCUT2D eigenvalue weighted by Crippen LogP contribution is 2.37. The number of hydrogen-bond donors (Lipinski definition) is 2. The van der Waals surface area contributed by atoms with Crippen molar-refractivity contribution in [2.75, 3.05) is 0 Å². The third-order valence-corrected chi connectivity index (χ3v) is 5.88. The fourth-order valence-corrected chi connectivity index (χ4v) is 4.43. The second-order valence-electron chi connectivity index (χ2n) is 6.67. The van der Waals surface area contributed by atoms with Crippen LogP contribution in [-0.4, -0.2) is 26.2 Å². The standard InChI is InChI=1S/C20H21N5OS/c1-13-5-6-15-9-19(27-18(15)7-13)20(26)22-11-14-3-2-4-17(8-14)25-12-16(10-21)23-24-25/h2-8,12,19H,9-11,21H2,1H3,(H,22,26)/t19-/m0/s1. The SMILES string of the molecule is Cc1ccc2c(c1)S[C@H](C(=O)NCc1cccc(-n3cc(CN)nn3)c1)C2. The van der Waals surface area contributed by atoms with E-state index in [1.807, 2.05) is 30.5 Å². The monoisotopic (exact) mass is 379 g/mol. The second-order valence-corrected chi connectivity index (χ2v) is 7.91. The van der Waals surface area contributed by atoms with E-state index in [1.54, 1.807) is 16.4 Å². The number of hydrogen-bond acceptors (Lipinski definition) is 5. The van der Waals surface area contributed by atoms with Gasteiger partial charge in [-0.05, 0) is 42.7 Å². The predicted octanol–water partition coefficient (Wildman–Crippen LogP) is 2.37. The number of carbonyl (C=O) groups is 1. The molecule has 3 aromatic rings. The van der Waals surface area contributed by atoms with Gasteiger partial charge >= 0.3 is 0 Å². The Bertz CT molecular complexity index is 984. The molecule has 0 spiro atoms. The molecule has 1 amide bonds. The van der Waals surface area contributed by atoms with Crippen molar-refractivity contribution < 1.29 is 4.79 Å². The third-order valence-electron chi connectivity index (χ3n) is 4.58. The van der Waals surface area contributed by atoms with Gasteiger partial charge in [0.1, 0.15) is 0 Å². The quantitative estimate of drug-likeness (QED) is 0.711. The highest BCUT2D eigenvalue weighted by Gasteiger charge is 2.28. The number of nitrogens with one attached hydrogen (secondary N) is 1. The molecule has 1 aromatic heterocycles. The number of aromatic nitrogens is 3. The Hall–Kier alpha value is -2.64. The number of carbonyl (C=O) groups excluding carboxylic acids is 1. The Labute approximate surface area is 162 Å². The summed E-state index contributed by atoms with van der Waals surface area (Å²) in [5.41, 5.74) is 10.7. The number of nitrogens with zero attached hydrogens (tertiary/aromatic N) is 3. The Morgan fingerprint density at radius 3 is 3.04 bits per heavy atom. The number of nitrogens with two attached hydrogens (primary N) is 1. The van der Waals surface area contributed by atoms with Crippen LogP contribution in [0.25, 0.3) is 5.69 Å². The Morgan fingerprint density at radius 1 is 1.33 bits per heavy atom. The van der Waals surface area contributed by atoms with Gasteiger partial charge in [-0.15, -0.1) is 16.9 Å². The fraction of sp³-hybridized carbons (Fsp3) is 0.250. The number of aryl methyl sites for hydroxylation is 1. The van der Waals surface area contributed by atoms with Crippen LogP contribution in [0.4, 0.5) is 0 Å². The van der Waals surface area contributed by atoms with Gasteiger partial charge < -0.3 is 11.1 Å². The average Bonchev–Trinajstić information content (AvgIpc) is 3.33. The summed E-state index contributed by atoms with van der Waals surface area (Å²) in [6, 6.07) is 14.3. The van der Waals surface area contributed by atoms with Crippen LogP contribution in [0.3, 0.4) is 0 Å². The molecule has 0 saturated carbocycles. The summed E-state index contributed by atoms with van der Waals surface area (Å²) in [6.45, 7) is 2.92. The van der Waals surface area contributed by atoms with Crippen molar-refractivity contribution in [1.29, 1.82) is 0 Å². The molecule has 4 rings (SSSR count). The molecule has 0 fully saturated rings. The van der Waals surface area contributed by atoms with Crippen molar-refractivity contribution in [2.24, 2.45) is 5.73 Å². The molecule has 2 aromatic carbocycles. The van der Waals surface area contributed by atoms with Gasteiger partial charge in [0.2, 0.25) is 5.91 Å². The summed E-state index contributed by atoms with van der Waals surface area (Å²) in [7, 11) is 0. The van der Waals surface area contributed by atoms with E-state index >= 15 is 0 Å². The molecular formula is C20H21N5OS. The molecule has 1 atom stereocenters. The maximum atomic E-state index is 12.6. The normalized spacial score (nSPS) is 15.6. The molecule has 27 heavy (non-hydrogen) atoms. The van der Waals surface area contributed by atoms with Gasteiger partial charge in [-0.2, -0.15) is 0 Å². The molecular weight excluding hydrogens is 358 g/mol. The maximum absolute atomic E-state index is 12.6. The lowest BCUT2D eigenvalue weighted by Crippen LogP contribution is -2.32. The minimum Gasteiger partial charge on any atom is -0.351 e. The van der Waals surface area contributed by atoms with Gasteiger partial charge in [-0.1, -0.05) is 35.0 Å². The highest BCUT2D eigenvalue weighted by atomic mass is 32.2. The van der Waals surface area contributed by atoms with E-state index in [2.05, 4.69) is 40.8 Å². The largest absolute Gasteiger partial charge is 0.351 e. The molecule has 0 bridgehead atoms. The Morgan fingerprint density at radius 2 is 2.22 bits per heavy atom. The summed E-state index contributed by atoms with van der Waals surface area (Å²) in [6.07, 6.45) is 2.60. The number of benzene rings is 2. The van der Waals surface area contributed by atoms with Crippen LogP contribution < -0.4 is 11.1 Å². The molecule has 0 aliphatic carbocycles. The van der Waals surface area contributed by atoms with Crippen LogP contribution in [-0.2, 0) is 24.3 Å². The van der Waals surface area contributed by atoms with Crippen molar-refractivity contribution in [2.45, 2.75) is 36.6 Å². The van der Waals surface area contributed by atoms with Gasteiger partial charge in [-0.25, -0.2) is 4.68 Å². The van der Waals surface area contributed by atoms with E-state index in [-0.39, 0.29) is 11.2 Å². The zero-order valence-corrected chi connectivity index (χ0v) is 15.9. The average molecular weight is 379 g/mol. The molecule has 2 heterocycles. The summed E-state index contributed by atoms with van der Waals surface area (Å²) in [5.74, 6) is 0.0745. The molecule has 6 nitrogen and oxygen atoms in total. The molecule has 0 radical (unpaired) electrons. The topological polar surface area (TPSA) is 85.8 Å². The number of thioether (sulfide) groups is 1. The van der Waals surface area contributed by atoms with E-state index in [4.69, 9.17) is 5.73 Å². The Balaban J connectivity index is 1.39. The maximum Gasteiger partial charge on any atom is 0.234 e. The molecule has 1 aliphatic rings. The van der Waals surface area contributed by atoms with Gasteiger partial charge in [0.15, 0.2) is 0 Å². The molecule has 3 N–H and O–H groups in total. The highest BCUT2D eigenvalue weighted by molar-refractivity contribution is 8.01. The van der Waals surface area contributed by atoms with E-state index in [1.165, 1.54) is 16.0 Å². The first-order valence-corrected chi connectivity index (χ1v) is 9.75. The predicted molar refractivity (Wildman–Crippen MR) is 106 cm³/mol. The first-order chi connectivity index (χ1) is 13.1. The third kappa shape index (κ3) is 3.89. The minimum absolute atomic E-state index is 0.0626. The number of rotatable bonds is 5. The van der Waals surface area contributed by atoms with Crippen LogP contribution >= 0.6 is 11.8 Å². The molecule has 7 heteroatoms. The molecule has 0 unspecified atom stereocenters. The van der Waals surface area contributed by atoms with E-state index < -0.39 is 0 Å². The Kier molecular flexibility index (Phi) is 4.96. The summed E-state index contributed by atoms with van der Waals surface area (Å²) in [4.78, 5) is 13.8. The lowest BCUT2D eigenvalue weighted by Gasteiger charge is -2.11. The van der Waals surface area contributed by atoms with Gasteiger partial charge in [-0.3, -0.25) is 4.79 Å². The van der Waals surface area contributed by atoms with Crippen LogP contribution in [0.5, 0.6) is 0 Å². The lowest BCUT2D eigenvalue weighted by molar-refractivity contribution is -0.120. The van der Waals surface area contributed by atoms with E-state index in [9.17, 15) is 4.79 Å². The minimum atomic E-state index is -0.0626. The van der Waals surface area contributed by atoms with Crippen molar-refractivity contribution in [1.82, 2.24) is 20.3 Å². The van der Waals surface area contributed by atoms with Gasteiger partial charge in [0, 0.05) is 18.0 Å².